The van der Waals surface area contributed by atoms with Gasteiger partial charge < -0.3 is 9.72 Å². The van der Waals surface area contributed by atoms with Gasteiger partial charge in [0.05, 0.1) is 34.1 Å². The smallest absolute Gasteiger partial charge is 0.148 e. The third kappa shape index (κ3) is 2.58. The zero-order valence-electron chi connectivity index (χ0n) is 16.1. The van der Waals surface area contributed by atoms with Crippen molar-refractivity contribution in [3.63, 3.8) is 0 Å². The fourth-order valence-electron chi connectivity index (χ4n) is 3.88. The van der Waals surface area contributed by atoms with Crippen LogP contribution in [0.5, 0.6) is 5.75 Å². The number of hydrogen-bond acceptors (Lipinski definition) is 5. The molecule has 30 heavy (non-hydrogen) atoms. The summed E-state index contributed by atoms with van der Waals surface area (Å²) >= 11 is 1.67. The van der Waals surface area contributed by atoms with Crippen molar-refractivity contribution in [2.45, 2.75) is 0 Å². The summed E-state index contributed by atoms with van der Waals surface area (Å²) in [5.41, 5.74) is 5.94. The molecule has 6 rings (SSSR count). The SMILES string of the molecule is COc1cccc(-c2csc(-c3nc4c5cccnc5c5ncccc5c4[nH]3)c2)c1. The highest BCUT2D eigenvalue weighted by atomic mass is 32.1. The van der Waals surface area contributed by atoms with Crippen molar-refractivity contribution in [3.05, 3.63) is 72.4 Å². The first-order chi connectivity index (χ1) is 14.8. The lowest BCUT2D eigenvalue weighted by Gasteiger charge is -2.03. The molecule has 6 aromatic rings. The van der Waals surface area contributed by atoms with E-state index >= 15 is 0 Å². The van der Waals surface area contributed by atoms with Crippen LogP contribution >= 0.6 is 11.3 Å². The molecule has 0 saturated heterocycles. The highest BCUT2D eigenvalue weighted by molar-refractivity contribution is 7.13. The molecule has 6 heteroatoms. The van der Waals surface area contributed by atoms with Gasteiger partial charge in [-0.05, 0) is 59.0 Å². The molecule has 0 aliphatic heterocycles. The van der Waals surface area contributed by atoms with Crippen LogP contribution in [-0.4, -0.2) is 27.0 Å². The van der Waals surface area contributed by atoms with E-state index in [0.717, 1.165) is 60.4 Å². The predicted octanol–water partition coefficient (Wildman–Crippen LogP) is 6.06. The number of H-pyrrole nitrogens is 1. The van der Waals surface area contributed by atoms with Gasteiger partial charge in [-0.1, -0.05) is 12.1 Å². The lowest BCUT2D eigenvalue weighted by molar-refractivity contribution is 0.415. The Labute approximate surface area is 176 Å². The van der Waals surface area contributed by atoms with Crippen molar-refractivity contribution < 1.29 is 4.74 Å². The minimum Gasteiger partial charge on any atom is -0.497 e. The van der Waals surface area contributed by atoms with Gasteiger partial charge in [-0.2, -0.15) is 0 Å². The van der Waals surface area contributed by atoms with Gasteiger partial charge in [-0.25, -0.2) is 4.98 Å². The molecular formula is C24H16N4OS. The lowest BCUT2D eigenvalue weighted by atomic mass is 10.1. The molecule has 4 heterocycles. The number of methoxy groups -OCH3 is 1. The number of pyridine rings is 2. The van der Waals surface area contributed by atoms with E-state index in [9.17, 15) is 0 Å². The summed E-state index contributed by atoms with van der Waals surface area (Å²) in [5, 5.41) is 4.18. The third-order valence-corrected chi connectivity index (χ3v) is 6.24. The lowest BCUT2D eigenvalue weighted by Crippen LogP contribution is -1.86. The van der Waals surface area contributed by atoms with E-state index in [1.54, 1.807) is 30.8 Å². The standard InChI is InChI=1S/C24H16N4OS/c1-29-16-6-2-5-14(11-16)15-12-19(30-13-15)24-27-22-17-7-3-9-25-20(17)21-18(23(22)28-24)8-4-10-26-21/h2-13H,1H3,(H,27,28). The Morgan fingerprint density at radius 3 is 2.47 bits per heavy atom. The minimum absolute atomic E-state index is 0.849. The molecule has 0 aliphatic rings. The molecule has 0 bridgehead atoms. The quantitative estimate of drug-likeness (QED) is 0.361. The Morgan fingerprint density at radius 2 is 1.63 bits per heavy atom. The van der Waals surface area contributed by atoms with E-state index in [1.165, 1.54) is 0 Å². The Morgan fingerprint density at radius 1 is 0.833 bits per heavy atom. The van der Waals surface area contributed by atoms with Crippen LogP contribution in [-0.2, 0) is 0 Å². The number of ether oxygens (including phenoxy) is 1. The molecule has 5 nitrogen and oxygen atoms in total. The monoisotopic (exact) mass is 408 g/mol. The average molecular weight is 408 g/mol. The number of aromatic nitrogens is 4. The number of thiophene rings is 1. The zero-order valence-corrected chi connectivity index (χ0v) is 16.9. The maximum atomic E-state index is 5.36. The van der Waals surface area contributed by atoms with Crippen LogP contribution < -0.4 is 4.74 Å². The Hall–Kier alpha value is -3.77. The molecular weight excluding hydrogens is 392 g/mol. The molecule has 0 spiro atoms. The maximum absolute atomic E-state index is 5.36. The molecule has 1 N–H and O–H groups in total. The second kappa shape index (κ2) is 6.64. The van der Waals surface area contributed by atoms with E-state index in [-0.39, 0.29) is 0 Å². The molecule has 144 valence electrons. The van der Waals surface area contributed by atoms with Crippen LogP contribution in [0.25, 0.3) is 54.7 Å². The maximum Gasteiger partial charge on any atom is 0.148 e. The van der Waals surface area contributed by atoms with Crippen LogP contribution in [0.4, 0.5) is 0 Å². The molecule has 0 radical (unpaired) electrons. The molecule has 0 saturated carbocycles. The molecule has 0 fully saturated rings. The van der Waals surface area contributed by atoms with E-state index in [0.29, 0.717) is 0 Å². The number of nitrogens with zero attached hydrogens (tertiary/aromatic N) is 3. The predicted molar refractivity (Wildman–Crippen MR) is 122 cm³/mol. The zero-order chi connectivity index (χ0) is 20.1. The summed E-state index contributed by atoms with van der Waals surface area (Å²) in [6.07, 6.45) is 3.61. The second-order valence-corrected chi connectivity index (χ2v) is 7.95. The van der Waals surface area contributed by atoms with Gasteiger partial charge in [0.25, 0.3) is 0 Å². The highest BCUT2D eigenvalue weighted by Crippen LogP contribution is 2.36. The van der Waals surface area contributed by atoms with Crippen molar-refractivity contribution in [1.29, 1.82) is 0 Å². The highest BCUT2D eigenvalue weighted by Gasteiger charge is 2.16. The van der Waals surface area contributed by atoms with Gasteiger partial charge in [-0.3, -0.25) is 9.97 Å². The third-order valence-electron chi connectivity index (χ3n) is 5.30. The van der Waals surface area contributed by atoms with Gasteiger partial charge in [0, 0.05) is 23.2 Å². The van der Waals surface area contributed by atoms with Gasteiger partial charge in [0.15, 0.2) is 0 Å². The molecule has 2 aromatic carbocycles. The van der Waals surface area contributed by atoms with E-state index in [2.05, 4.69) is 44.6 Å². The molecule has 0 amide bonds. The minimum atomic E-state index is 0.849. The Balaban J connectivity index is 1.55. The molecule has 0 atom stereocenters. The number of aromatic amines is 1. The van der Waals surface area contributed by atoms with Gasteiger partial charge in [-0.15, -0.1) is 11.3 Å². The number of hydrogen-bond donors (Lipinski definition) is 1. The topological polar surface area (TPSA) is 63.7 Å². The number of imidazole rings is 1. The fraction of sp³-hybridized carbons (Fsp3) is 0.0417. The van der Waals surface area contributed by atoms with Crippen LogP contribution in [0.2, 0.25) is 0 Å². The second-order valence-electron chi connectivity index (χ2n) is 7.04. The summed E-state index contributed by atoms with van der Waals surface area (Å²) < 4.78 is 5.36. The van der Waals surface area contributed by atoms with Crippen LogP contribution in [0, 0.1) is 0 Å². The van der Waals surface area contributed by atoms with Crippen molar-refractivity contribution in [1.82, 2.24) is 19.9 Å². The number of nitrogens with one attached hydrogen (secondary N) is 1. The summed E-state index contributed by atoms with van der Waals surface area (Å²) in [5.74, 6) is 1.70. The summed E-state index contributed by atoms with van der Waals surface area (Å²) in [4.78, 5) is 18.7. The van der Waals surface area contributed by atoms with E-state index in [1.807, 2.05) is 30.3 Å². The molecule has 0 aliphatic carbocycles. The first kappa shape index (κ1) is 17.1. The van der Waals surface area contributed by atoms with Gasteiger partial charge >= 0.3 is 0 Å². The van der Waals surface area contributed by atoms with Crippen molar-refractivity contribution in [2.24, 2.45) is 0 Å². The molecule has 0 unspecified atom stereocenters. The summed E-state index contributed by atoms with van der Waals surface area (Å²) in [7, 11) is 1.69. The number of benzene rings is 2. The largest absolute Gasteiger partial charge is 0.497 e. The number of fused-ring (bicyclic) bond motifs is 6. The first-order valence-electron chi connectivity index (χ1n) is 9.56. The van der Waals surface area contributed by atoms with Gasteiger partial charge in [0.1, 0.15) is 11.6 Å². The van der Waals surface area contributed by atoms with Gasteiger partial charge in [0.2, 0.25) is 0 Å². The van der Waals surface area contributed by atoms with Crippen molar-refractivity contribution in [3.8, 4) is 27.6 Å². The Bertz CT molecular complexity index is 1480. The van der Waals surface area contributed by atoms with E-state index < -0.39 is 0 Å². The average Bonchev–Trinajstić information content (AvgIpc) is 3.47. The first-order valence-corrected chi connectivity index (χ1v) is 10.4. The van der Waals surface area contributed by atoms with Crippen molar-refractivity contribution in [2.75, 3.05) is 7.11 Å². The molecule has 4 aromatic heterocycles. The summed E-state index contributed by atoms with van der Waals surface area (Å²) in [6.45, 7) is 0. The van der Waals surface area contributed by atoms with Crippen LogP contribution in [0.1, 0.15) is 0 Å². The Kier molecular flexibility index (Phi) is 3.79. The van der Waals surface area contributed by atoms with Crippen molar-refractivity contribution >= 4 is 44.2 Å². The summed E-state index contributed by atoms with van der Waals surface area (Å²) in [6, 6.07) is 18.3. The van der Waals surface area contributed by atoms with Crippen LogP contribution in [0.3, 0.4) is 0 Å². The number of rotatable bonds is 3. The van der Waals surface area contributed by atoms with Crippen LogP contribution in [0.15, 0.2) is 72.4 Å². The van der Waals surface area contributed by atoms with E-state index in [4.69, 9.17) is 9.72 Å². The normalized spacial score (nSPS) is 11.5. The fourth-order valence-corrected chi connectivity index (χ4v) is 4.74.